The van der Waals surface area contributed by atoms with Crippen LogP contribution in [0.15, 0.2) is 42.5 Å². The molecule has 1 fully saturated rings. The van der Waals surface area contributed by atoms with Crippen LogP contribution in [-0.4, -0.2) is 44.0 Å². The van der Waals surface area contributed by atoms with E-state index in [9.17, 15) is 4.79 Å². The number of nitrogens with one attached hydrogen (secondary N) is 1. The third-order valence-corrected chi connectivity index (χ3v) is 5.09. The van der Waals surface area contributed by atoms with Gasteiger partial charge >= 0.3 is 0 Å². The fourth-order valence-electron chi connectivity index (χ4n) is 3.61. The third kappa shape index (κ3) is 5.10. The summed E-state index contributed by atoms with van der Waals surface area (Å²) in [6.45, 7) is 10.7. The molecule has 1 heterocycles. The molecule has 0 atom stereocenters. The van der Waals surface area contributed by atoms with E-state index in [0.717, 1.165) is 49.4 Å². The molecule has 1 aliphatic rings. The molecule has 4 heteroatoms. The summed E-state index contributed by atoms with van der Waals surface area (Å²) < 4.78 is 0. The molecule has 1 aliphatic heterocycles. The predicted molar refractivity (Wildman–Crippen MR) is 114 cm³/mol. The van der Waals surface area contributed by atoms with Gasteiger partial charge in [-0.05, 0) is 67.8 Å². The summed E-state index contributed by atoms with van der Waals surface area (Å²) >= 11 is 0. The molecule has 3 rings (SSSR count). The highest BCUT2D eigenvalue weighted by Crippen LogP contribution is 2.26. The zero-order valence-corrected chi connectivity index (χ0v) is 17.0. The molecule has 0 bridgehead atoms. The number of piperazine rings is 1. The second kappa shape index (κ2) is 8.57. The van der Waals surface area contributed by atoms with E-state index >= 15 is 0 Å². The van der Waals surface area contributed by atoms with E-state index < -0.39 is 0 Å². The Morgan fingerprint density at radius 3 is 2.48 bits per heavy atom. The number of amides is 1. The van der Waals surface area contributed by atoms with Crippen molar-refractivity contribution in [3.05, 3.63) is 59.2 Å². The molecule has 0 radical (unpaired) electrons. The van der Waals surface area contributed by atoms with Crippen molar-refractivity contribution in [2.45, 2.75) is 27.2 Å². The molecule has 4 nitrogen and oxygen atoms in total. The molecular formula is C23H31N3O. The van der Waals surface area contributed by atoms with Gasteiger partial charge in [-0.3, -0.25) is 4.79 Å². The number of benzene rings is 2. The first-order valence-corrected chi connectivity index (χ1v) is 9.87. The lowest BCUT2D eigenvalue weighted by Gasteiger charge is -2.35. The SMILES string of the molecule is Cc1cccc(NC(=O)c2ccc(N3CCN(C)CC3)c(CC(C)C)c2)c1. The predicted octanol–water partition coefficient (Wildman–Crippen LogP) is 4.20. The summed E-state index contributed by atoms with van der Waals surface area (Å²) in [6, 6.07) is 14.1. The number of carbonyl (C=O) groups excluding carboxylic acids is 1. The van der Waals surface area contributed by atoms with E-state index in [1.807, 2.05) is 37.3 Å². The highest BCUT2D eigenvalue weighted by molar-refractivity contribution is 6.04. The van der Waals surface area contributed by atoms with Gasteiger partial charge in [-0.15, -0.1) is 0 Å². The molecule has 27 heavy (non-hydrogen) atoms. The minimum absolute atomic E-state index is 0.0458. The number of likely N-dealkylation sites (N-methyl/N-ethyl adjacent to an activating group) is 1. The fourth-order valence-corrected chi connectivity index (χ4v) is 3.61. The molecule has 1 saturated heterocycles. The Morgan fingerprint density at radius 1 is 1.07 bits per heavy atom. The highest BCUT2D eigenvalue weighted by atomic mass is 16.1. The molecule has 0 spiro atoms. The quantitative estimate of drug-likeness (QED) is 0.863. The van der Waals surface area contributed by atoms with Crippen molar-refractivity contribution in [2.75, 3.05) is 43.4 Å². The lowest BCUT2D eigenvalue weighted by atomic mass is 9.97. The second-order valence-electron chi connectivity index (χ2n) is 8.06. The molecule has 2 aromatic rings. The Balaban J connectivity index is 1.82. The Hall–Kier alpha value is -2.33. The van der Waals surface area contributed by atoms with Crippen molar-refractivity contribution in [1.82, 2.24) is 4.90 Å². The van der Waals surface area contributed by atoms with Gasteiger partial charge in [0.25, 0.3) is 5.91 Å². The first-order chi connectivity index (χ1) is 12.9. The molecule has 0 saturated carbocycles. The summed E-state index contributed by atoms with van der Waals surface area (Å²) in [5, 5.41) is 3.03. The van der Waals surface area contributed by atoms with Gasteiger partial charge in [0.2, 0.25) is 0 Å². The van der Waals surface area contributed by atoms with Gasteiger partial charge in [0, 0.05) is 43.1 Å². The summed E-state index contributed by atoms with van der Waals surface area (Å²) in [4.78, 5) is 17.6. The maximum atomic E-state index is 12.8. The maximum absolute atomic E-state index is 12.8. The standard InChI is InChI=1S/C23H31N3O/c1-17(2)14-20-16-19(23(27)24-21-7-5-6-18(3)15-21)8-9-22(20)26-12-10-25(4)11-13-26/h5-9,15-17H,10-14H2,1-4H3,(H,24,27). The Morgan fingerprint density at radius 2 is 1.81 bits per heavy atom. The van der Waals surface area contributed by atoms with Gasteiger partial charge in [0.1, 0.15) is 0 Å². The molecule has 2 aromatic carbocycles. The summed E-state index contributed by atoms with van der Waals surface area (Å²) in [6.07, 6.45) is 0.979. The Labute approximate surface area is 163 Å². The number of carbonyl (C=O) groups is 1. The van der Waals surface area contributed by atoms with E-state index in [0.29, 0.717) is 5.92 Å². The minimum Gasteiger partial charge on any atom is -0.369 e. The van der Waals surface area contributed by atoms with Gasteiger partial charge in [0.05, 0.1) is 0 Å². The van der Waals surface area contributed by atoms with Crippen LogP contribution in [0.1, 0.15) is 35.3 Å². The number of rotatable bonds is 5. The molecule has 0 aliphatic carbocycles. The van der Waals surface area contributed by atoms with Gasteiger partial charge in [-0.1, -0.05) is 26.0 Å². The molecule has 1 N–H and O–H groups in total. The summed E-state index contributed by atoms with van der Waals surface area (Å²) in [5.41, 5.74) is 5.26. The van der Waals surface area contributed by atoms with Crippen LogP contribution in [-0.2, 0) is 6.42 Å². The molecular weight excluding hydrogens is 334 g/mol. The number of aryl methyl sites for hydroxylation is 1. The van der Waals surface area contributed by atoms with Crippen LogP contribution in [0, 0.1) is 12.8 Å². The zero-order valence-electron chi connectivity index (χ0n) is 17.0. The molecule has 0 unspecified atom stereocenters. The van der Waals surface area contributed by atoms with Crippen LogP contribution < -0.4 is 10.2 Å². The molecule has 0 aromatic heterocycles. The average Bonchev–Trinajstić information content (AvgIpc) is 2.62. The van der Waals surface area contributed by atoms with E-state index in [1.165, 1.54) is 11.3 Å². The Kier molecular flexibility index (Phi) is 6.17. The van der Waals surface area contributed by atoms with Crippen LogP contribution in [0.4, 0.5) is 11.4 Å². The van der Waals surface area contributed by atoms with Crippen molar-refractivity contribution < 1.29 is 4.79 Å². The first-order valence-electron chi connectivity index (χ1n) is 9.87. The summed E-state index contributed by atoms with van der Waals surface area (Å²) in [5.74, 6) is 0.502. The smallest absolute Gasteiger partial charge is 0.255 e. The van der Waals surface area contributed by atoms with Crippen molar-refractivity contribution in [2.24, 2.45) is 5.92 Å². The number of hydrogen-bond acceptors (Lipinski definition) is 3. The van der Waals surface area contributed by atoms with Gasteiger partial charge in [-0.25, -0.2) is 0 Å². The molecule has 1 amide bonds. The normalized spacial score (nSPS) is 15.2. The van der Waals surface area contributed by atoms with Gasteiger partial charge < -0.3 is 15.1 Å². The van der Waals surface area contributed by atoms with Crippen molar-refractivity contribution in [3.63, 3.8) is 0 Å². The van der Waals surface area contributed by atoms with Crippen LogP contribution in [0.25, 0.3) is 0 Å². The summed E-state index contributed by atoms with van der Waals surface area (Å²) in [7, 11) is 2.17. The van der Waals surface area contributed by atoms with Crippen molar-refractivity contribution in [3.8, 4) is 0 Å². The number of nitrogens with zero attached hydrogens (tertiary/aromatic N) is 2. The van der Waals surface area contributed by atoms with Crippen LogP contribution in [0.2, 0.25) is 0 Å². The van der Waals surface area contributed by atoms with E-state index in [2.05, 4.69) is 48.1 Å². The van der Waals surface area contributed by atoms with Crippen molar-refractivity contribution >= 4 is 17.3 Å². The van der Waals surface area contributed by atoms with E-state index in [4.69, 9.17) is 0 Å². The maximum Gasteiger partial charge on any atom is 0.255 e. The van der Waals surface area contributed by atoms with Crippen LogP contribution in [0.5, 0.6) is 0 Å². The van der Waals surface area contributed by atoms with Gasteiger partial charge in [-0.2, -0.15) is 0 Å². The zero-order chi connectivity index (χ0) is 19.4. The fraction of sp³-hybridized carbons (Fsp3) is 0.435. The largest absolute Gasteiger partial charge is 0.369 e. The monoisotopic (exact) mass is 365 g/mol. The number of hydrogen-bond donors (Lipinski definition) is 1. The average molecular weight is 366 g/mol. The first kappa shape index (κ1) is 19.4. The van der Waals surface area contributed by atoms with Crippen LogP contribution in [0.3, 0.4) is 0 Å². The Bertz CT molecular complexity index is 792. The molecule has 144 valence electrons. The van der Waals surface area contributed by atoms with Gasteiger partial charge in [0.15, 0.2) is 0 Å². The minimum atomic E-state index is -0.0458. The number of anilines is 2. The second-order valence-corrected chi connectivity index (χ2v) is 8.06. The highest BCUT2D eigenvalue weighted by Gasteiger charge is 2.19. The van der Waals surface area contributed by atoms with Crippen molar-refractivity contribution in [1.29, 1.82) is 0 Å². The van der Waals surface area contributed by atoms with E-state index in [1.54, 1.807) is 0 Å². The van der Waals surface area contributed by atoms with E-state index in [-0.39, 0.29) is 5.91 Å². The topological polar surface area (TPSA) is 35.6 Å². The lowest BCUT2D eigenvalue weighted by molar-refractivity contribution is 0.102. The van der Waals surface area contributed by atoms with Crippen LogP contribution >= 0.6 is 0 Å². The lowest BCUT2D eigenvalue weighted by Crippen LogP contribution is -2.44. The third-order valence-electron chi connectivity index (χ3n) is 5.09.